The predicted octanol–water partition coefficient (Wildman–Crippen LogP) is 12.2. The quantitative estimate of drug-likeness (QED) is 0.181. The first-order chi connectivity index (χ1) is 23.8. The molecular weight excluding hydrogens is 581 g/mol. The molecule has 48 heavy (non-hydrogen) atoms. The van der Waals surface area contributed by atoms with Gasteiger partial charge in [0.25, 0.3) is 0 Å². The Kier molecular flexibility index (Phi) is 6.98. The lowest BCUT2D eigenvalue weighted by Crippen LogP contribution is -2.30. The molecule has 1 atom stereocenters. The molecule has 1 aromatic heterocycles. The van der Waals surface area contributed by atoms with Gasteiger partial charge < -0.3 is 9.47 Å². The van der Waals surface area contributed by atoms with Crippen molar-refractivity contribution in [3.63, 3.8) is 0 Å². The summed E-state index contributed by atoms with van der Waals surface area (Å²) >= 11 is 0. The molecule has 0 radical (unpaired) electrons. The number of benzene rings is 7. The van der Waals surface area contributed by atoms with E-state index in [2.05, 4.69) is 198 Å². The summed E-state index contributed by atoms with van der Waals surface area (Å²) in [5.41, 5.74) is 11.0. The minimum Gasteiger partial charge on any atom is -0.334 e. The highest BCUT2D eigenvalue weighted by Gasteiger charge is 2.22. The van der Waals surface area contributed by atoms with Crippen molar-refractivity contribution in [1.29, 1.82) is 0 Å². The monoisotopic (exact) mass is 614 g/mol. The Morgan fingerprint density at radius 2 is 1.17 bits per heavy atom. The topological polar surface area (TPSA) is 8.17 Å². The minimum atomic E-state index is 0.212. The van der Waals surface area contributed by atoms with Gasteiger partial charge in [-0.05, 0) is 64.9 Å². The van der Waals surface area contributed by atoms with Crippen LogP contribution in [0.3, 0.4) is 0 Å². The Bertz CT molecular complexity index is 2470. The largest absolute Gasteiger partial charge is 0.334 e. The lowest BCUT2D eigenvalue weighted by molar-refractivity contribution is 0.787. The van der Waals surface area contributed by atoms with Gasteiger partial charge in [-0.2, -0.15) is 0 Å². The molecule has 0 saturated carbocycles. The summed E-state index contributed by atoms with van der Waals surface area (Å²) in [6, 6.07) is 61.6. The van der Waals surface area contributed by atoms with E-state index in [0.717, 1.165) is 6.42 Å². The van der Waals surface area contributed by atoms with Crippen LogP contribution in [0, 0.1) is 0 Å². The van der Waals surface area contributed by atoms with Gasteiger partial charge in [-0.3, -0.25) is 0 Å². The molecule has 9 rings (SSSR count). The van der Waals surface area contributed by atoms with Crippen LogP contribution < -0.4 is 4.90 Å². The molecular formula is C46H34N2. The third kappa shape index (κ3) is 4.82. The molecule has 0 bridgehead atoms. The van der Waals surface area contributed by atoms with Crippen LogP contribution in [0.2, 0.25) is 0 Å². The second kappa shape index (κ2) is 11.9. The summed E-state index contributed by atoms with van der Waals surface area (Å²) in [6.07, 6.45) is 7.93. The maximum absolute atomic E-state index is 2.47. The Morgan fingerprint density at radius 1 is 0.500 bits per heavy atom. The van der Waals surface area contributed by atoms with Gasteiger partial charge in [-0.25, -0.2) is 0 Å². The van der Waals surface area contributed by atoms with Crippen molar-refractivity contribution < 1.29 is 0 Å². The van der Waals surface area contributed by atoms with E-state index in [1.54, 1.807) is 0 Å². The lowest BCUT2D eigenvalue weighted by Gasteiger charge is -2.33. The van der Waals surface area contributed by atoms with Gasteiger partial charge >= 0.3 is 0 Å². The molecule has 7 aromatic carbocycles. The number of fused-ring (bicyclic) bond motifs is 5. The van der Waals surface area contributed by atoms with Crippen LogP contribution in [0.4, 0.5) is 11.4 Å². The summed E-state index contributed by atoms with van der Waals surface area (Å²) in [5.74, 6) is 0. The molecule has 2 heteroatoms. The van der Waals surface area contributed by atoms with Gasteiger partial charge in [0.2, 0.25) is 0 Å². The normalized spacial score (nSPS) is 14.4. The van der Waals surface area contributed by atoms with Crippen molar-refractivity contribution in [1.82, 2.24) is 4.57 Å². The molecule has 0 spiro atoms. The van der Waals surface area contributed by atoms with Crippen LogP contribution in [-0.2, 0) is 0 Å². The predicted molar refractivity (Wildman–Crippen MR) is 204 cm³/mol. The van der Waals surface area contributed by atoms with Gasteiger partial charge in [0, 0.05) is 33.1 Å². The number of allylic oxidation sites excluding steroid dienone is 2. The average molecular weight is 615 g/mol. The molecule has 2 nitrogen and oxygen atoms in total. The van der Waals surface area contributed by atoms with E-state index < -0.39 is 0 Å². The van der Waals surface area contributed by atoms with Crippen molar-refractivity contribution in [2.75, 3.05) is 4.90 Å². The van der Waals surface area contributed by atoms with E-state index in [1.165, 1.54) is 71.9 Å². The molecule has 1 aliphatic rings. The summed E-state index contributed by atoms with van der Waals surface area (Å²) in [4.78, 5) is 2.46. The summed E-state index contributed by atoms with van der Waals surface area (Å²) in [6.45, 7) is 0. The second-order valence-electron chi connectivity index (χ2n) is 12.5. The zero-order chi connectivity index (χ0) is 31.9. The SMILES string of the molecule is C1=CC(N(c2ccccc2)c2ccc(-c3ccccc3-n3c4ccccc4c4ccc5ccccc5c43)cc2)CC=C1c1ccccc1. The van der Waals surface area contributed by atoms with E-state index in [-0.39, 0.29) is 6.04 Å². The molecule has 0 N–H and O–H groups in total. The number of aromatic nitrogens is 1. The molecule has 1 aliphatic carbocycles. The number of para-hydroxylation sites is 3. The zero-order valence-corrected chi connectivity index (χ0v) is 26.6. The highest BCUT2D eigenvalue weighted by Crippen LogP contribution is 2.40. The molecule has 0 amide bonds. The standard InChI is InChI=1S/C46H34N2/c1-3-13-33(14-4-1)34-23-28-38(29-24-34)47(37-16-5-2-6-17-37)39-30-25-36(26-31-39)40-18-9-11-21-44(40)48-45-22-12-10-20-42(45)43-32-27-35-15-7-8-19-41(35)46(43)48/h1-28,30-32,38H,29H2. The van der Waals surface area contributed by atoms with Gasteiger partial charge in [-0.15, -0.1) is 0 Å². The first-order valence-corrected chi connectivity index (χ1v) is 16.7. The van der Waals surface area contributed by atoms with Crippen molar-refractivity contribution in [2.24, 2.45) is 0 Å². The fraction of sp³-hybridized carbons (Fsp3) is 0.0435. The number of hydrogen-bond acceptors (Lipinski definition) is 1. The fourth-order valence-corrected chi connectivity index (χ4v) is 7.46. The molecule has 0 fully saturated rings. The van der Waals surface area contributed by atoms with Gasteiger partial charge in [0.1, 0.15) is 0 Å². The molecule has 1 heterocycles. The molecule has 228 valence electrons. The van der Waals surface area contributed by atoms with Crippen LogP contribution in [0.25, 0.3) is 55.0 Å². The average Bonchev–Trinajstić information content (AvgIpc) is 3.51. The molecule has 1 unspecified atom stereocenters. The Hall–Kier alpha value is -6.12. The van der Waals surface area contributed by atoms with Gasteiger partial charge in [0.05, 0.1) is 22.8 Å². The van der Waals surface area contributed by atoms with E-state index >= 15 is 0 Å². The van der Waals surface area contributed by atoms with Crippen molar-refractivity contribution in [2.45, 2.75) is 12.5 Å². The first kappa shape index (κ1) is 28.1. The second-order valence-corrected chi connectivity index (χ2v) is 12.5. The zero-order valence-electron chi connectivity index (χ0n) is 26.6. The molecule has 8 aromatic rings. The summed E-state index contributed by atoms with van der Waals surface area (Å²) in [5, 5.41) is 5.06. The van der Waals surface area contributed by atoms with Crippen LogP contribution in [0.1, 0.15) is 12.0 Å². The van der Waals surface area contributed by atoms with Crippen molar-refractivity contribution in [3.05, 3.63) is 194 Å². The van der Waals surface area contributed by atoms with Gasteiger partial charge in [0.15, 0.2) is 0 Å². The summed E-state index contributed by atoms with van der Waals surface area (Å²) in [7, 11) is 0. The minimum absolute atomic E-state index is 0.212. The Balaban J connectivity index is 1.14. The fourth-order valence-electron chi connectivity index (χ4n) is 7.46. The highest BCUT2D eigenvalue weighted by atomic mass is 15.2. The van der Waals surface area contributed by atoms with Gasteiger partial charge in [-0.1, -0.05) is 152 Å². The third-order valence-corrected chi connectivity index (χ3v) is 9.71. The van der Waals surface area contributed by atoms with E-state index in [9.17, 15) is 0 Å². The maximum Gasteiger partial charge on any atom is 0.0619 e. The van der Waals surface area contributed by atoms with Crippen molar-refractivity contribution in [3.8, 4) is 16.8 Å². The lowest BCUT2D eigenvalue weighted by atomic mass is 9.95. The maximum atomic E-state index is 2.47. The van der Waals surface area contributed by atoms with E-state index in [4.69, 9.17) is 0 Å². The van der Waals surface area contributed by atoms with E-state index in [1.807, 2.05) is 0 Å². The number of rotatable bonds is 6. The third-order valence-electron chi connectivity index (χ3n) is 9.71. The Morgan fingerprint density at radius 3 is 1.96 bits per heavy atom. The smallest absolute Gasteiger partial charge is 0.0619 e. The van der Waals surface area contributed by atoms with Crippen LogP contribution >= 0.6 is 0 Å². The number of anilines is 2. The van der Waals surface area contributed by atoms with E-state index in [0.29, 0.717) is 0 Å². The summed E-state index contributed by atoms with van der Waals surface area (Å²) < 4.78 is 2.47. The molecule has 0 saturated heterocycles. The number of nitrogens with zero attached hydrogens (tertiary/aromatic N) is 2. The first-order valence-electron chi connectivity index (χ1n) is 16.7. The molecule has 0 aliphatic heterocycles. The number of hydrogen-bond donors (Lipinski definition) is 0. The van der Waals surface area contributed by atoms with Crippen LogP contribution in [0.5, 0.6) is 0 Å². The van der Waals surface area contributed by atoms with Crippen LogP contribution in [-0.4, -0.2) is 10.6 Å². The van der Waals surface area contributed by atoms with Crippen LogP contribution in [0.15, 0.2) is 188 Å². The van der Waals surface area contributed by atoms with Crippen molar-refractivity contribution >= 4 is 49.5 Å². The highest BCUT2D eigenvalue weighted by molar-refractivity contribution is 6.18. The Labute approximate surface area is 281 Å².